The van der Waals surface area contributed by atoms with Gasteiger partial charge in [0.1, 0.15) is 6.26 Å². The molecule has 0 radical (unpaired) electrons. The van der Waals surface area contributed by atoms with E-state index in [4.69, 9.17) is 10.2 Å². The molecule has 0 aromatic carbocycles. The van der Waals surface area contributed by atoms with Crippen molar-refractivity contribution >= 4 is 12.4 Å². The molecule has 0 amide bonds. The molecule has 0 fully saturated rings. The van der Waals surface area contributed by atoms with Crippen LogP contribution in [-0.2, 0) is 6.54 Å². The fourth-order valence-corrected chi connectivity index (χ4v) is 0.682. The summed E-state index contributed by atoms with van der Waals surface area (Å²) in [6, 6.07) is 0. The second-order valence-corrected chi connectivity index (χ2v) is 2.54. The van der Waals surface area contributed by atoms with Crippen LogP contribution < -0.4 is 5.73 Å². The van der Waals surface area contributed by atoms with Gasteiger partial charge in [-0.2, -0.15) is 0 Å². The molecular formula is C7H13ClN2O. The monoisotopic (exact) mass is 176 g/mol. The van der Waals surface area contributed by atoms with Crippen molar-refractivity contribution in [3.63, 3.8) is 0 Å². The van der Waals surface area contributed by atoms with E-state index in [0.29, 0.717) is 12.5 Å². The predicted molar refractivity (Wildman–Crippen MR) is 45.7 cm³/mol. The highest BCUT2D eigenvalue weighted by Crippen LogP contribution is 2.12. The average Bonchev–Trinajstić information content (AvgIpc) is 2.34. The maximum atomic E-state index is 5.34. The third-order valence-electron chi connectivity index (χ3n) is 1.27. The van der Waals surface area contributed by atoms with Gasteiger partial charge in [-0.15, -0.1) is 12.4 Å². The smallest absolute Gasteiger partial charge is 0.196 e. The van der Waals surface area contributed by atoms with Crippen LogP contribution in [0.2, 0.25) is 0 Å². The van der Waals surface area contributed by atoms with Gasteiger partial charge in [-0.25, -0.2) is 4.98 Å². The Bertz CT molecular complexity index is 210. The Morgan fingerprint density at radius 3 is 2.55 bits per heavy atom. The molecule has 0 aliphatic rings. The Morgan fingerprint density at radius 1 is 1.64 bits per heavy atom. The maximum absolute atomic E-state index is 5.34. The predicted octanol–water partition coefficient (Wildman–Crippen LogP) is 1.68. The molecule has 0 bridgehead atoms. The quantitative estimate of drug-likeness (QED) is 0.746. The lowest BCUT2D eigenvalue weighted by Crippen LogP contribution is -1.96. The zero-order chi connectivity index (χ0) is 7.56. The number of nitrogens with zero attached hydrogens (tertiary/aromatic N) is 1. The topological polar surface area (TPSA) is 52.0 Å². The lowest BCUT2D eigenvalue weighted by molar-refractivity contribution is 0.470. The molecule has 0 atom stereocenters. The number of hydrogen-bond donors (Lipinski definition) is 1. The van der Waals surface area contributed by atoms with E-state index in [9.17, 15) is 0 Å². The first-order valence-electron chi connectivity index (χ1n) is 3.38. The van der Waals surface area contributed by atoms with Crippen LogP contribution in [0.15, 0.2) is 10.7 Å². The fourth-order valence-electron chi connectivity index (χ4n) is 0.682. The van der Waals surface area contributed by atoms with Crippen LogP contribution in [0, 0.1) is 0 Å². The van der Waals surface area contributed by atoms with E-state index in [2.05, 4.69) is 4.98 Å². The number of aromatic nitrogens is 1. The Labute approximate surface area is 72.4 Å². The summed E-state index contributed by atoms with van der Waals surface area (Å²) >= 11 is 0. The van der Waals surface area contributed by atoms with Gasteiger partial charge < -0.3 is 10.2 Å². The van der Waals surface area contributed by atoms with Gasteiger partial charge in [0, 0.05) is 12.5 Å². The second kappa shape index (κ2) is 4.36. The standard InChI is InChI=1S/C7H12N2O.ClH/c1-5(2)7-9-6(3-8)4-10-7;/h4-5H,3,8H2,1-2H3;1H. The van der Waals surface area contributed by atoms with Crippen molar-refractivity contribution in [3.8, 4) is 0 Å². The van der Waals surface area contributed by atoms with Crippen molar-refractivity contribution in [2.75, 3.05) is 0 Å². The summed E-state index contributed by atoms with van der Waals surface area (Å²) in [7, 11) is 0. The van der Waals surface area contributed by atoms with E-state index in [1.165, 1.54) is 0 Å². The van der Waals surface area contributed by atoms with E-state index in [0.717, 1.165) is 11.6 Å². The molecule has 0 aliphatic heterocycles. The number of oxazole rings is 1. The van der Waals surface area contributed by atoms with Gasteiger partial charge in [0.05, 0.1) is 5.69 Å². The Morgan fingerprint density at radius 2 is 2.27 bits per heavy atom. The Kier molecular flexibility index (Phi) is 4.15. The molecule has 4 heteroatoms. The van der Waals surface area contributed by atoms with Gasteiger partial charge in [-0.05, 0) is 0 Å². The highest BCUT2D eigenvalue weighted by Gasteiger charge is 2.05. The fraction of sp³-hybridized carbons (Fsp3) is 0.571. The number of nitrogens with two attached hydrogens (primary N) is 1. The first kappa shape index (κ1) is 10.5. The molecule has 1 aromatic rings. The molecule has 11 heavy (non-hydrogen) atoms. The first-order chi connectivity index (χ1) is 4.74. The average molecular weight is 177 g/mol. The molecule has 0 saturated heterocycles. The number of halogens is 1. The zero-order valence-corrected chi connectivity index (χ0v) is 7.52. The highest BCUT2D eigenvalue weighted by atomic mass is 35.5. The zero-order valence-electron chi connectivity index (χ0n) is 6.70. The van der Waals surface area contributed by atoms with Crippen molar-refractivity contribution < 1.29 is 4.42 Å². The van der Waals surface area contributed by atoms with Crippen molar-refractivity contribution in [2.45, 2.75) is 26.3 Å². The SMILES string of the molecule is CC(C)c1nc(CN)co1.Cl. The molecule has 0 aliphatic carbocycles. The highest BCUT2D eigenvalue weighted by molar-refractivity contribution is 5.85. The summed E-state index contributed by atoms with van der Waals surface area (Å²) < 4.78 is 5.13. The minimum absolute atomic E-state index is 0. The van der Waals surface area contributed by atoms with E-state index in [-0.39, 0.29) is 12.4 Å². The van der Waals surface area contributed by atoms with Crippen LogP contribution in [0.25, 0.3) is 0 Å². The van der Waals surface area contributed by atoms with Crippen LogP contribution >= 0.6 is 12.4 Å². The van der Waals surface area contributed by atoms with E-state index < -0.39 is 0 Å². The summed E-state index contributed by atoms with van der Waals surface area (Å²) in [4.78, 5) is 4.14. The van der Waals surface area contributed by atoms with Crippen molar-refractivity contribution in [3.05, 3.63) is 17.8 Å². The van der Waals surface area contributed by atoms with Gasteiger partial charge in [-0.3, -0.25) is 0 Å². The van der Waals surface area contributed by atoms with Crippen LogP contribution in [0.1, 0.15) is 31.4 Å². The van der Waals surface area contributed by atoms with Crippen LogP contribution in [0.5, 0.6) is 0 Å². The molecule has 1 rings (SSSR count). The lowest BCUT2D eigenvalue weighted by Gasteiger charge is -1.93. The van der Waals surface area contributed by atoms with Crippen LogP contribution in [0.3, 0.4) is 0 Å². The first-order valence-corrected chi connectivity index (χ1v) is 3.38. The van der Waals surface area contributed by atoms with Gasteiger partial charge in [0.25, 0.3) is 0 Å². The molecule has 1 heterocycles. The minimum atomic E-state index is 0. The molecule has 2 N–H and O–H groups in total. The van der Waals surface area contributed by atoms with Gasteiger partial charge in [0.15, 0.2) is 5.89 Å². The molecule has 64 valence electrons. The van der Waals surface area contributed by atoms with Crippen LogP contribution in [0.4, 0.5) is 0 Å². The summed E-state index contributed by atoms with van der Waals surface area (Å²) in [5.41, 5.74) is 6.16. The maximum Gasteiger partial charge on any atom is 0.196 e. The van der Waals surface area contributed by atoms with Crippen LogP contribution in [-0.4, -0.2) is 4.98 Å². The lowest BCUT2D eigenvalue weighted by atomic mass is 10.2. The molecular weight excluding hydrogens is 164 g/mol. The third kappa shape index (κ3) is 2.52. The van der Waals surface area contributed by atoms with Gasteiger partial charge in [-0.1, -0.05) is 13.8 Å². The van der Waals surface area contributed by atoms with Crippen molar-refractivity contribution in [1.82, 2.24) is 4.98 Å². The summed E-state index contributed by atoms with van der Waals surface area (Å²) in [5, 5.41) is 0. The molecule has 1 aromatic heterocycles. The van der Waals surface area contributed by atoms with E-state index >= 15 is 0 Å². The number of rotatable bonds is 2. The van der Waals surface area contributed by atoms with Crippen molar-refractivity contribution in [2.24, 2.45) is 5.73 Å². The minimum Gasteiger partial charge on any atom is -0.448 e. The Hall–Kier alpha value is -0.540. The van der Waals surface area contributed by atoms with Gasteiger partial charge in [0.2, 0.25) is 0 Å². The van der Waals surface area contributed by atoms with Gasteiger partial charge >= 0.3 is 0 Å². The normalized spacial score (nSPS) is 9.82. The summed E-state index contributed by atoms with van der Waals surface area (Å²) in [5.74, 6) is 1.11. The summed E-state index contributed by atoms with van der Waals surface area (Å²) in [6.07, 6.45) is 1.61. The Balaban J connectivity index is 0.000001000. The number of hydrogen-bond acceptors (Lipinski definition) is 3. The van der Waals surface area contributed by atoms with Crippen molar-refractivity contribution in [1.29, 1.82) is 0 Å². The molecule has 0 spiro atoms. The molecule has 0 unspecified atom stereocenters. The second-order valence-electron chi connectivity index (χ2n) is 2.54. The summed E-state index contributed by atoms with van der Waals surface area (Å²) in [6.45, 7) is 4.52. The van der Waals surface area contributed by atoms with E-state index in [1.807, 2.05) is 13.8 Å². The largest absolute Gasteiger partial charge is 0.448 e. The third-order valence-corrected chi connectivity index (χ3v) is 1.27. The van der Waals surface area contributed by atoms with E-state index in [1.54, 1.807) is 6.26 Å². The molecule has 3 nitrogen and oxygen atoms in total. The molecule has 0 saturated carbocycles.